The Balaban J connectivity index is 1.92. The van der Waals surface area contributed by atoms with Gasteiger partial charge in [0.05, 0.1) is 12.3 Å². The lowest BCUT2D eigenvalue weighted by molar-refractivity contribution is -0.144. The Morgan fingerprint density at radius 1 is 1.30 bits per heavy atom. The molecule has 27 heavy (non-hydrogen) atoms. The number of hydrogen-bond acceptors (Lipinski definition) is 6. The highest BCUT2D eigenvalue weighted by atomic mass is 16.5. The molecule has 1 N–H and O–H groups in total. The van der Waals surface area contributed by atoms with Gasteiger partial charge >= 0.3 is 5.97 Å². The number of furan rings is 1. The molecule has 0 spiro atoms. The van der Waals surface area contributed by atoms with E-state index in [-0.39, 0.29) is 11.6 Å². The van der Waals surface area contributed by atoms with Gasteiger partial charge in [0.1, 0.15) is 17.4 Å². The Morgan fingerprint density at radius 2 is 2.00 bits per heavy atom. The molecule has 0 aliphatic carbocycles. The quantitative estimate of drug-likeness (QED) is 0.459. The molecule has 0 radical (unpaired) electrons. The van der Waals surface area contributed by atoms with Crippen molar-refractivity contribution in [3.05, 3.63) is 59.6 Å². The first-order valence-electron chi connectivity index (χ1n) is 8.29. The summed E-state index contributed by atoms with van der Waals surface area (Å²) in [7, 11) is 3.83. The van der Waals surface area contributed by atoms with Crippen LogP contribution in [0.3, 0.4) is 0 Å². The van der Waals surface area contributed by atoms with Crippen LogP contribution >= 0.6 is 0 Å². The fraction of sp³-hybridized carbons (Fsp3) is 0.250. The molecule has 2 aromatic rings. The number of benzene rings is 1. The summed E-state index contributed by atoms with van der Waals surface area (Å²) in [6, 6.07) is 12.2. The number of hydrogen-bond donors (Lipinski definition) is 1. The number of nitrogens with zero attached hydrogens (tertiary/aromatic N) is 2. The molecule has 2 rings (SSSR count). The highest BCUT2D eigenvalue weighted by Gasteiger charge is 2.16. The van der Waals surface area contributed by atoms with Crippen LogP contribution in [-0.2, 0) is 14.3 Å². The zero-order valence-corrected chi connectivity index (χ0v) is 15.4. The van der Waals surface area contributed by atoms with Crippen LogP contribution in [0, 0.1) is 11.3 Å². The highest BCUT2D eigenvalue weighted by Crippen LogP contribution is 2.15. The van der Waals surface area contributed by atoms with Crippen molar-refractivity contribution in [2.75, 3.05) is 25.6 Å². The van der Waals surface area contributed by atoms with E-state index in [4.69, 9.17) is 9.15 Å². The van der Waals surface area contributed by atoms with Crippen molar-refractivity contribution in [2.24, 2.45) is 0 Å². The maximum absolute atomic E-state index is 12.1. The highest BCUT2D eigenvalue weighted by molar-refractivity contribution is 5.98. The lowest BCUT2D eigenvalue weighted by Crippen LogP contribution is -2.31. The fourth-order valence-electron chi connectivity index (χ4n) is 2.27. The molecule has 0 bridgehead atoms. The first-order valence-corrected chi connectivity index (χ1v) is 8.29. The number of ether oxygens (including phenoxy) is 1. The van der Waals surface area contributed by atoms with E-state index >= 15 is 0 Å². The molecule has 0 saturated carbocycles. The van der Waals surface area contributed by atoms with Crippen molar-refractivity contribution in [1.82, 2.24) is 5.32 Å². The Bertz CT molecular complexity index is 846. The molecule has 0 fully saturated rings. The smallest absolute Gasteiger partial charge is 0.349 e. The minimum Gasteiger partial charge on any atom is -0.467 e. The minimum atomic E-state index is -0.852. The number of carbonyl (C=O) groups excluding carboxylic acids is 2. The lowest BCUT2D eigenvalue weighted by Gasteiger charge is -2.12. The van der Waals surface area contributed by atoms with Gasteiger partial charge in [0.2, 0.25) is 0 Å². The fourth-order valence-corrected chi connectivity index (χ4v) is 2.27. The van der Waals surface area contributed by atoms with Crippen LogP contribution in [0.5, 0.6) is 0 Å². The summed E-state index contributed by atoms with van der Waals surface area (Å²) >= 11 is 0. The molecule has 1 aromatic carbocycles. The van der Waals surface area contributed by atoms with Crippen LogP contribution in [0.1, 0.15) is 24.3 Å². The Labute approximate surface area is 157 Å². The molecule has 1 heterocycles. The first kappa shape index (κ1) is 19.8. The van der Waals surface area contributed by atoms with E-state index < -0.39 is 18.5 Å². The number of nitrogens with one attached hydrogen (secondary N) is 1. The second-order valence-corrected chi connectivity index (χ2v) is 6.04. The number of rotatable bonds is 7. The Morgan fingerprint density at radius 3 is 2.56 bits per heavy atom. The van der Waals surface area contributed by atoms with E-state index in [9.17, 15) is 14.9 Å². The summed E-state index contributed by atoms with van der Waals surface area (Å²) < 4.78 is 10.1. The largest absolute Gasteiger partial charge is 0.467 e. The normalized spacial score (nSPS) is 12.0. The number of anilines is 1. The predicted octanol–water partition coefficient (Wildman–Crippen LogP) is 2.67. The van der Waals surface area contributed by atoms with Gasteiger partial charge in [-0.05, 0) is 42.8 Å². The maximum Gasteiger partial charge on any atom is 0.349 e. The molecule has 1 aromatic heterocycles. The Kier molecular flexibility index (Phi) is 6.78. The van der Waals surface area contributed by atoms with Crippen LogP contribution in [0.25, 0.3) is 6.08 Å². The first-order chi connectivity index (χ1) is 12.9. The molecular weight excluding hydrogens is 346 g/mol. The monoisotopic (exact) mass is 367 g/mol. The van der Waals surface area contributed by atoms with Crippen molar-refractivity contribution < 1.29 is 18.7 Å². The third-order valence-electron chi connectivity index (χ3n) is 3.74. The summed E-state index contributed by atoms with van der Waals surface area (Å²) in [6.45, 7) is 1.26. The molecule has 7 heteroatoms. The summed E-state index contributed by atoms with van der Waals surface area (Å²) in [5, 5.41) is 11.8. The van der Waals surface area contributed by atoms with E-state index in [2.05, 4.69) is 5.32 Å². The molecule has 1 atom stereocenters. The van der Waals surface area contributed by atoms with Gasteiger partial charge in [0, 0.05) is 19.8 Å². The van der Waals surface area contributed by atoms with Crippen LogP contribution in [0.15, 0.2) is 52.7 Å². The maximum atomic E-state index is 12.1. The van der Waals surface area contributed by atoms with Gasteiger partial charge in [-0.1, -0.05) is 12.1 Å². The van der Waals surface area contributed by atoms with Crippen LogP contribution in [-0.4, -0.2) is 32.6 Å². The van der Waals surface area contributed by atoms with E-state index in [1.807, 2.05) is 31.1 Å². The summed E-state index contributed by atoms with van der Waals surface area (Å²) in [5.41, 5.74) is 1.50. The molecule has 0 unspecified atom stereocenters. The van der Waals surface area contributed by atoms with E-state index in [1.165, 1.54) is 12.3 Å². The van der Waals surface area contributed by atoms with Gasteiger partial charge < -0.3 is 19.4 Å². The van der Waals surface area contributed by atoms with Gasteiger partial charge in [0.15, 0.2) is 6.61 Å². The minimum absolute atomic E-state index is 0.181. The SMILES string of the molecule is C[C@@H](NC(=O)COC(=O)/C(C#N)=C/c1ccc(N(C)C)cc1)c1ccco1. The second kappa shape index (κ2) is 9.25. The number of amides is 1. The average molecular weight is 367 g/mol. The van der Waals surface area contributed by atoms with Gasteiger partial charge in [-0.25, -0.2) is 4.79 Å². The second-order valence-electron chi connectivity index (χ2n) is 6.04. The van der Waals surface area contributed by atoms with Crippen LogP contribution in [0.4, 0.5) is 5.69 Å². The molecule has 0 aliphatic rings. The van der Waals surface area contributed by atoms with Crippen LogP contribution < -0.4 is 10.2 Å². The van der Waals surface area contributed by atoms with Gasteiger partial charge in [-0.15, -0.1) is 0 Å². The van der Waals surface area contributed by atoms with E-state index in [1.54, 1.807) is 37.3 Å². The molecule has 140 valence electrons. The summed E-state index contributed by atoms with van der Waals surface area (Å²) in [6.07, 6.45) is 2.93. The summed E-state index contributed by atoms with van der Waals surface area (Å²) in [4.78, 5) is 25.9. The average Bonchev–Trinajstić information content (AvgIpc) is 3.19. The van der Waals surface area contributed by atoms with Crippen molar-refractivity contribution in [1.29, 1.82) is 5.26 Å². The van der Waals surface area contributed by atoms with Gasteiger partial charge in [0.25, 0.3) is 5.91 Å². The third-order valence-corrected chi connectivity index (χ3v) is 3.74. The van der Waals surface area contributed by atoms with Crippen molar-refractivity contribution in [3.8, 4) is 6.07 Å². The zero-order valence-electron chi connectivity index (χ0n) is 15.4. The number of esters is 1. The standard InChI is InChI=1S/C20H21N3O4/c1-14(18-5-4-10-26-18)22-19(24)13-27-20(25)16(12-21)11-15-6-8-17(9-7-15)23(2)3/h4-11,14H,13H2,1-3H3,(H,22,24)/b16-11+/t14-/m1/s1. The zero-order chi connectivity index (χ0) is 19.8. The summed E-state index contributed by atoms with van der Waals surface area (Å²) in [5.74, 6) is -0.747. The Hall–Kier alpha value is -3.53. The molecular formula is C20H21N3O4. The topological polar surface area (TPSA) is 95.6 Å². The van der Waals surface area contributed by atoms with E-state index in [0.717, 1.165) is 5.69 Å². The van der Waals surface area contributed by atoms with Gasteiger partial charge in [-0.2, -0.15) is 5.26 Å². The molecule has 7 nitrogen and oxygen atoms in total. The lowest BCUT2D eigenvalue weighted by atomic mass is 10.1. The molecule has 1 amide bonds. The third kappa shape index (κ3) is 5.75. The van der Waals surface area contributed by atoms with Crippen molar-refractivity contribution >= 4 is 23.6 Å². The van der Waals surface area contributed by atoms with Crippen LogP contribution in [0.2, 0.25) is 0 Å². The van der Waals surface area contributed by atoms with Crippen molar-refractivity contribution in [2.45, 2.75) is 13.0 Å². The molecule has 0 saturated heterocycles. The number of carbonyl (C=O) groups is 2. The molecule has 0 aliphatic heterocycles. The van der Waals surface area contributed by atoms with Gasteiger partial charge in [-0.3, -0.25) is 4.79 Å². The van der Waals surface area contributed by atoms with E-state index in [0.29, 0.717) is 11.3 Å². The van der Waals surface area contributed by atoms with Crippen molar-refractivity contribution in [3.63, 3.8) is 0 Å². The number of nitriles is 1. The predicted molar refractivity (Wildman–Crippen MR) is 101 cm³/mol.